The third-order valence-electron chi connectivity index (χ3n) is 1.79. The first-order valence-electron chi connectivity index (χ1n) is 4.44. The molecule has 0 aromatic carbocycles. The van der Waals surface area contributed by atoms with E-state index in [1.165, 1.54) is 12.8 Å². The normalized spacial score (nSPS) is 14.9. The minimum absolute atomic E-state index is 0.396. The molecule has 0 atom stereocenters. The van der Waals surface area contributed by atoms with Crippen LogP contribution in [0.4, 0.5) is 0 Å². The summed E-state index contributed by atoms with van der Waals surface area (Å²) in [6.45, 7) is 0. The van der Waals surface area contributed by atoms with Gasteiger partial charge in [-0.25, -0.2) is 0 Å². The van der Waals surface area contributed by atoms with Gasteiger partial charge in [-0.15, -0.1) is 0 Å². The number of hydrogen-bond donors (Lipinski definition) is 0. The van der Waals surface area contributed by atoms with Gasteiger partial charge in [-0.2, -0.15) is 0 Å². The summed E-state index contributed by atoms with van der Waals surface area (Å²) in [5.74, 6) is 0. The third-order valence-corrected chi connectivity index (χ3v) is 2.75. The number of allylic oxidation sites excluding steroid dienone is 2. The maximum absolute atomic E-state index is 10.1. The summed E-state index contributed by atoms with van der Waals surface area (Å²) in [4.78, 5) is 38.7. The summed E-state index contributed by atoms with van der Waals surface area (Å²) in [6.07, 6.45) is 7.58. The molecule has 0 fully saturated rings. The quantitative estimate of drug-likeness (QED) is 0.549. The van der Waals surface area contributed by atoms with Gasteiger partial charge in [0.15, 0.2) is 0 Å². The van der Waals surface area contributed by atoms with Crippen LogP contribution < -0.4 is 0 Å². The van der Waals surface area contributed by atoms with Gasteiger partial charge >= 0.3 is 43.8 Å². The van der Waals surface area contributed by atoms with Crippen molar-refractivity contribution >= 4 is 21.8 Å². The van der Waals surface area contributed by atoms with Gasteiger partial charge in [0, 0.05) is 0 Å². The van der Waals surface area contributed by atoms with Crippen molar-refractivity contribution in [3.63, 3.8) is 0 Å². The molecule has 0 aromatic rings. The zero-order valence-electron chi connectivity index (χ0n) is 8.23. The van der Waals surface area contributed by atoms with Crippen molar-refractivity contribution in [1.82, 2.24) is 0 Å². The van der Waals surface area contributed by atoms with E-state index in [-0.39, 0.29) is 0 Å². The Morgan fingerprint density at radius 3 is 1.80 bits per heavy atom. The van der Waals surface area contributed by atoms with Gasteiger partial charge in [-0.05, 0) is 31.3 Å². The van der Waals surface area contributed by atoms with Gasteiger partial charge in [-0.1, -0.05) is 6.08 Å². The first kappa shape index (κ1) is 13.9. The first-order valence-corrected chi connectivity index (χ1v) is 6.48. The van der Waals surface area contributed by atoms with Crippen molar-refractivity contribution in [3.05, 3.63) is 11.6 Å². The second-order valence-electron chi connectivity index (χ2n) is 2.79. The molecule has 1 aliphatic carbocycles. The van der Waals surface area contributed by atoms with Crippen LogP contribution in [-0.2, 0) is 33.1 Å². The van der Waals surface area contributed by atoms with Crippen LogP contribution in [0, 0.1) is 0 Å². The Morgan fingerprint density at radius 1 is 1.00 bits per heavy atom. The molecule has 0 spiro atoms. The second-order valence-corrected chi connectivity index (χ2v) is 4.80. The van der Waals surface area contributed by atoms with Gasteiger partial charge in [0.05, 0.1) is 0 Å². The van der Waals surface area contributed by atoms with Crippen LogP contribution in [0.15, 0.2) is 11.6 Å². The van der Waals surface area contributed by atoms with Crippen molar-refractivity contribution in [2.75, 3.05) is 0 Å². The number of rotatable bonds is 4. The fraction of sp³-hybridized carbons (Fsp3) is 0.400. The molecule has 84 valence electrons. The van der Waals surface area contributed by atoms with Crippen LogP contribution >= 0.6 is 0 Å². The summed E-state index contributed by atoms with van der Waals surface area (Å²) in [5.41, 5.74) is 0.997. The van der Waals surface area contributed by atoms with E-state index in [2.05, 4.69) is 0 Å². The molecule has 0 heterocycles. The Labute approximate surface area is 92.6 Å². The standard InChI is InChI=1S/C7H10O.3CHO.Mn/c8-6-7-4-2-1-3-5-7;3*1-2;/h4,6H,1-3,5H2;3*1H;. The fourth-order valence-corrected chi connectivity index (χ4v) is 1.23. The van der Waals surface area contributed by atoms with Crippen molar-refractivity contribution in [2.24, 2.45) is 0 Å². The number of carbonyl (C=O) groups excluding carboxylic acids is 4. The van der Waals surface area contributed by atoms with Crippen LogP contribution in [0.3, 0.4) is 0 Å². The van der Waals surface area contributed by atoms with Gasteiger partial charge in [0.25, 0.3) is 0 Å². The molecule has 4 nitrogen and oxygen atoms in total. The molecule has 0 amide bonds. The summed E-state index contributed by atoms with van der Waals surface area (Å²) in [7, 11) is 0. The first-order chi connectivity index (χ1) is 7.28. The Bertz CT molecular complexity index is 241. The van der Waals surface area contributed by atoms with Crippen molar-refractivity contribution in [3.8, 4) is 0 Å². The van der Waals surface area contributed by atoms with Gasteiger partial charge in [0.2, 0.25) is 0 Å². The molecule has 0 aliphatic heterocycles. The second kappa shape index (κ2) is 9.49. The van der Waals surface area contributed by atoms with Crippen LogP contribution in [-0.4, -0.2) is 21.8 Å². The van der Waals surface area contributed by atoms with Crippen LogP contribution in [0.5, 0.6) is 0 Å². The topological polar surface area (TPSA) is 68.3 Å². The van der Waals surface area contributed by atoms with E-state index >= 15 is 0 Å². The summed E-state index contributed by atoms with van der Waals surface area (Å²) in [5, 5.41) is 1.19. The van der Waals surface area contributed by atoms with Crippen molar-refractivity contribution in [2.45, 2.75) is 25.7 Å². The average Bonchev–Trinajstić information content (AvgIpc) is 2.33. The third kappa shape index (κ3) is 6.94. The predicted octanol–water partition coefficient (Wildman–Crippen LogP) is 0.861. The zero-order valence-corrected chi connectivity index (χ0v) is 9.41. The summed E-state index contributed by atoms with van der Waals surface area (Å²) in [6, 6.07) is 0. The van der Waals surface area contributed by atoms with Crippen LogP contribution in [0.1, 0.15) is 25.7 Å². The molecule has 0 unspecified atom stereocenters. The van der Waals surface area contributed by atoms with E-state index in [0.717, 1.165) is 24.7 Å². The van der Waals surface area contributed by atoms with E-state index in [1.807, 2.05) is 6.08 Å². The Morgan fingerprint density at radius 2 is 1.60 bits per heavy atom. The molecular formula is C10H13MnO4. The van der Waals surface area contributed by atoms with Gasteiger partial charge in [0.1, 0.15) is 6.29 Å². The summed E-state index contributed by atoms with van der Waals surface area (Å²) < 4.78 is 0. The molecule has 0 bridgehead atoms. The van der Waals surface area contributed by atoms with Crippen LogP contribution in [0.2, 0.25) is 0 Å². The molecule has 15 heavy (non-hydrogen) atoms. The van der Waals surface area contributed by atoms with E-state index in [0.29, 0.717) is 15.6 Å². The summed E-state index contributed by atoms with van der Waals surface area (Å²) >= 11 is -1.92. The average molecular weight is 252 g/mol. The molecule has 0 radical (unpaired) electrons. The molecule has 5 heteroatoms. The molecule has 1 aliphatic rings. The molecule has 0 saturated carbocycles. The minimum atomic E-state index is -1.92. The Balaban J connectivity index is 0.000000265. The number of carbonyl (C=O) groups is 4. The van der Waals surface area contributed by atoms with Gasteiger partial charge < -0.3 is 0 Å². The Kier molecular flexibility index (Phi) is 8.82. The predicted molar refractivity (Wildman–Crippen MR) is 52.9 cm³/mol. The molecule has 0 N–H and O–H groups in total. The van der Waals surface area contributed by atoms with Crippen molar-refractivity contribution in [1.29, 1.82) is 0 Å². The Hall–Kier alpha value is -1.06. The van der Waals surface area contributed by atoms with Crippen molar-refractivity contribution < 1.29 is 33.1 Å². The van der Waals surface area contributed by atoms with E-state index < -0.39 is 13.9 Å². The van der Waals surface area contributed by atoms with E-state index in [4.69, 9.17) is 0 Å². The molecular weight excluding hydrogens is 239 g/mol. The molecule has 0 saturated heterocycles. The monoisotopic (exact) mass is 252 g/mol. The molecule has 1 rings (SSSR count). The zero-order chi connectivity index (χ0) is 11.5. The molecule has 0 aromatic heterocycles. The van der Waals surface area contributed by atoms with Crippen LogP contribution in [0.25, 0.3) is 0 Å². The maximum atomic E-state index is 10.1. The van der Waals surface area contributed by atoms with E-state index in [9.17, 15) is 19.2 Å². The SMILES string of the molecule is O=CC1=CCCCC1.O=[CH][Mn]([CH]=O)[CH]=O. The fourth-order valence-electron chi connectivity index (χ4n) is 1.03. The van der Waals surface area contributed by atoms with E-state index in [1.54, 1.807) is 0 Å². The number of aldehydes is 1. The number of hydrogen-bond acceptors (Lipinski definition) is 4. The van der Waals surface area contributed by atoms with Gasteiger partial charge in [-0.3, -0.25) is 4.79 Å².